The van der Waals surface area contributed by atoms with Gasteiger partial charge in [0.1, 0.15) is 12.4 Å². The van der Waals surface area contributed by atoms with Crippen LogP contribution in [0.1, 0.15) is 22.9 Å². The van der Waals surface area contributed by atoms with E-state index in [2.05, 4.69) is 15.1 Å². The molecular weight excluding hydrogens is 220 g/mol. The Hall–Kier alpha value is -1.95. The minimum absolute atomic E-state index is 0.541. The second-order valence-electron chi connectivity index (χ2n) is 3.71. The fourth-order valence-corrected chi connectivity index (χ4v) is 1.83. The molecule has 2 aromatic heterocycles. The lowest BCUT2D eigenvalue weighted by molar-refractivity contribution is 0.212. The zero-order valence-electron chi connectivity index (χ0n) is 9.95. The van der Waals surface area contributed by atoms with Crippen molar-refractivity contribution in [1.29, 1.82) is 0 Å². The molecule has 0 fully saturated rings. The molecule has 0 saturated carbocycles. The first-order valence-corrected chi connectivity index (χ1v) is 5.15. The van der Waals surface area contributed by atoms with E-state index in [4.69, 9.17) is 4.74 Å². The minimum atomic E-state index is -0.833. The standard InChI is InChI=1S/C11H14N4O2/c1-7-9(11(17-3)15(2)14-7)10(16)8-4-12-6-13-5-8/h4-6,10,16H,1-3H3. The van der Waals surface area contributed by atoms with E-state index in [0.29, 0.717) is 17.0 Å². The maximum Gasteiger partial charge on any atom is 0.217 e. The van der Waals surface area contributed by atoms with Crippen LogP contribution in [0.2, 0.25) is 0 Å². The molecule has 1 N–H and O–H groups in total. The second kappa shape index (κ2) is 4.50. The van der Waals surface area contributed by atoms with Crippen LogP contribution in [0, 0.1) is 6.92 Å². The van der Waals surface area contributed by atoms with Crippen LogP contribution in [0.3, 0.4) is 0 Å². The number of methoxy groups -OCH3 is 1. The molecule has 6 nitrogen and oxygen atoms in total. The summed E-state index contributed by atoms with van der Waals surface area (Å²) < 4.78 is 6.83. The highest BCUT2D eigenvalue weighted by Crippen LogP contribution is 2.31. The summed E-state index contributed by atoms with van der Waals surface area (Å²) >= 11 is 0. The summed E-state index contributed by atoms with van der Waals surface area (Å²) in [6.45, 7) is 1.82. The number of hydrogen-bond donors (Lipinski definition) is 1. The van der Waals surface area contributed by atoms with Crippen molar-refractivity contribution in [3.63, 3.8) is 0 Å². The number of aliphatic hydroxyl groups is 1. The van der Waals surface area contributed by atoms with Crippen LogP contribution >= 0.6 is 0 Å². The zero-order chi connectivity index (χ0) is 12.4. The Morgan fingerprint density at radius 1 is 1.35 bits per heavy atom. The Labute approximate surface area is 98.9 Å². The maximum absolute atomic E-state index is 10.3. The van der Waals surface area contributed by atoms with Gasteiger partial charge in [-0.2, -0.15) is 5.10 Å². The molecule has 0 radical (unpaired) electrons. The van der Waals surface area contributed by atoms with Gasteiger partial charge in [0.05, 0.1) is 18.4 Å². The number of nitrogens with zero attached hydrogens (tertiary/aromatic N) is 4. The highest BCUT2D eigenvalue weighted by molar-refractivity contribution is 5.38. The summed E-state index contributed by atoms with van der Waals surface area (Å²) in [6, 6.07) is 0. The third-order valence-electron chi connectivity index (χ3n) is 2.58. The fourth-order valence-electron chi connectivity index (χ4n) is 1.83. The summed E-state index contributed by atoms with van der Waals surface area (Å²) in [7, 11) is 3.32. The Kier molecular flexibility index (Phi) is 3.06. The van der Waals surface area contributed by atoms with Crippen LogP contribution in [-0.4, -0.2) is 32.0 Å². The van der Waals surface area contributed by atoms with Crippen LogP contribution in [0.4, 0.5) is 0 Å². The Bertz CT molecular complexity index is 510. The second-order valence-corrected chi connectivity index (χ2v) is 3.71. The average molecular weight is 234 g/mol. The minimum Gasteiger partial charge on any atom is -0.481 e. The lowest BCUT2D eigenvalue weighted by atomic mass is 10.1. The van der Waals surface area contributed by atoms with Crippen LogP contribution in [0.5, 0.6) is 5.88 Å². The molecule has 0 aliphatic rings. The van der Waals surface area contributed by atoms with Crippen molar-refractivity contribution in [1.82, 2.24) is 19.7 Å². The number of aromatic nitrogens is 4. The SMILES string of the molecule is COc1c(C(O)c2cncnc2)c(C)nn1C. The van der Waals surface area contributed by atoms with Crippen molar-refractivity contribution in [3.05, 3.63) is 35.5 Å². The highest BCUT2D eigenvalue weighted by atomic mass is 16.5. The zero-order valence-corrected chi connectivity index (χ0v) is 9.95. The first-order chi connectivity index (χ1) is 8.15. The topological polar surface area (TPSA) is 73.1 Å². The number of hydrogen-bond acceptors (Lipinski definition) is 5. The largest absolute Gasteiger partial charge is 0.481 e. The molecule has 1 unspecified atom stereocenters. The molecule has 6 heteroatoms. The molecule has 0 aromatic carbocycles. The van der Waals surface area contributed by atoms with E-state index in [0.717, 1.165) is 5.69 Å². The molecule has 0 bridgehead atoms. The number of ether oxygens (including phenoxy) is 1. The van der Waals surface area contributed by atoms with Gasteiger partial charge < -0.3 is 9.84 Å². The molecule has 0 aliphatic carbocycles. The Morgan fingerprint density at radius 2 is 2.00 bits per heavy atom. The van der Waals surface area contributed by atoms with Gasteiger partial charge in [-0.3, -0.25) is 0 Å². The summed E-state index contributed by atoms with van der Waals surface area (Å²) in [6.07, 6.45) is 3.73. The third-order valence-corrected chi connectivity index (χ3v) is 2.58. The van der Waals surface area contributed by atoms with Crippen molar-refractivity contribution in [3.8, 4) is 5.88 Å². The first kappa shape index (κ1) is 11.5. The van der Waals surface area contributed by atoms with Crippen molar-refractivity contribution in [2.75, 3.05) is 7.11 Å². The molecule has 0 saturated heterocycles. The smallest absolute Gasteiger partial charge is 0.217 e. The van der Waals surface area contributed by atoms with Gasteiger partial charge in [0.15, 0.2) is 0 Å². The summed E-state index contributed by atoms with van der Waals surface area (Å²) in [5.41, 5.74) is 1.98. The molecule has 2 aromatic rings. The molecule has 0 amide bonds. The van der Waals surface area contributed by atoms with Gasteiger partial charge in [-0.1, -0.05) is 0 Å². The lowest BCUT2D eigenvalue weighted by Crippen LogP contribution is -2.04. The van der Waals surface area contributed by atoms with E-state index in [1.807, 2.05) is 6.92 Å². The molecule has 17 heavy (non-hydrogen) atoms. The van der Waals surface area contributed by atoms with Crippen LogP contribution in [0.15, 0.2) is 18.7 Å². The predicted octanol–water partition coefficient (Wildman–Crippen LogP) is 0.609. The van der Waals surface area contributed by atoms with Gasteiger partial charge >= 0.3 is 0 Å². The number of rotatable bonds is 3. The molecule has 0 aliphatic heterocycles. The van der Waals surface area contributed by atoms with Crippen LogP contribution in [0.25, 0.3) is 0 Å². The average Bonchev–Trinajstić information content (AvgIpc) is 2.63. The van der Waals surface area contributed by atoms with Gasteiger partial charge in [-0.15, -0.1) is 0 Å². The van der Waals surface area contributed by atoms with Crippen molar-refractivity contribution in [2.24, 2.45) is 7.05 Å². The first-order valence-electron chi connectivity index (χ1n) is 5.15. The third kappa shape index (κ3) is 1.99. The lowest BCUT2D eigenvalue weighted by Gasteiger charge is -2.11. The normalized spacial score (nSPS) is 12.5. The van der Waals surface area contributed by atoms with E-state index in [1.165, 1.54) is 6.33 Å². The highest BCUT2D eigenvalue weighted by Gasteiger charge is 2.23. The molecule has 0 spiro atoms. The van der Waals surface area contributed by atoms with E-state index in [9.17, 15) is 5.11 Å². The van der Waals surface area contributed by atoms with Crippen molar-refractivity contribution >= 4 is 0 Å². The Morgan fingerprint density at radius 3 is 2.59 bits per heavy atom. The summed E-state index contributed by atoms with van der Waals surface area (Å²) in [5.74, 6) is 0.541. The van der Waals surface area contributed by atoms with Crippen LogP contribution < -0.4 is 4.74 Å². The van der Waals surface area contributed by atoms with Gasteiger partial charge in [0.25, 0.3) is 0 Å². The maximum atomic E-state index is 10.3. The van der Waals surface area contributed by atoms with Gasteiger partial charge in [0.2, 0.25) is 5.88 Å². The van der Waals surface area contributed by atoms with Crippen LogP contribution in [-0.2, 0) is 7.05 Å². The monoisotopic (exact) mass is 234 g/mol. The molecule has 2 heterocycles. The van der Waals surface area contributed by atoms with Gasteiger partial charge in [-0.05, 0) is 6.92 Å². The van der Waals surface area contributed by atoms with E-state index < -0.39 is 6.10 Å². The molecule has 2 rings (SSSR count). The summed E-state index contributed by atoms with van der Waals surface area (Å²) in [5, 5.41) is 14.5. The number of aryl methyl sites for hydroxylation is 2. The van der Waals surface area contributed by atoms with Crippen molar-refractivity contribution < 1.29 is 9.84 Å². The number of aliphatic hydroxyl groups excluding tert-OH is 1. The molecular formula is C11H14N4O2. The van der Waals surface area contributed by atoms with E-state index in [-0.39, 0.29) is 0 Å². The molecule has 1 atom stereocenters. The van der Waals surface area contributed by atoms with Gasteiger partial charge in [0, 0.05) is 25.0 Å². The Balaban J connectivity index is 2.47. The summed E-state index contributed by atoms with van der Waals surface area (Å²) in [4.78, 5) is 7.77. The quantitative estimate of drug-likeness (QED) is 0.842. The molecule has 90 valence electrons. The van der Waals surface area contributed by atoms with E-state index in [1.54, 1.807) is 31.2 Å². The van der Waals surface area contributed by atoms with Gasteiger partial charge in [-0.25, -0.2) is 14.6 Å². The predicted molar refractivity (Wildman–Crippen MR) is 60.6 cm³/mol. The van der Waals surface area contributed by atoms with E-state index >= 15 is 0 Å². The fraction of sp³-hybridized carbons (Fsp3) is 0.364. The van der Waals surface area contributed by atoms with Crippen molar-refractivity contribution in [2.45, 2.75) is 13.0 Å².